The zero-order valence-electron chi connectivity index (χ0n) is 12.2. The van der Waals surface area contributed by atoms with E-state index in [-0.39, 0.29) is 12.5 Å². The fraction of sp³-hybridized carbons (Fsp3) is 0.188. The number of hydrogen-bond acceptors (Lipinski definition) is 5. The standard InChI is InChI=1S/C16H16N4O2/c1-2-22-14(21)11-18-16-15(12-7-3-5-9-17-12)19-13-8-4-6-10-20(13)16/h3-10,18H,2,11H2,1H3. The van der Waals surface area contributed by atoms with Crippen LogP contribution in [0.25, 0.3) is 17.0 Å². The Morgan fingerprint density at radius 2 is 2.14 bits per heavy atom. The number of imidazole rings is 1. The lowest BCUT2D eigenvalue weighted by atomic mass is 10.2. The number of aromatic nitrogens is 3. The van der Waals surface area contributed by atoms with Crippen LogP contribution in [0, 0.1) is 0 Å². The van der Waals surface area contributed by atoms with E-state index in [0.717, 1.165) is 17.2 Å². The Kier molecular flexibility index (Phi) is 4.00. The number of nitrogens with zero attached hydrogens (tertiary/aromatic N) is 3. The van der Waals surface area contributed by atoms with Gasteiger partial charge in [-0.15, -0.1) is 0 Å². The molecule has 0 unspecified atom stereocenters. The van der Waals surface area contributed by atoms with Crippen LogP contribution < -0.4 is 5.32 Å². The lowest BCUT2D eigenvalue weighted by Crippen LogP contribution is -2.17. The summed E-state index contributed by atoms with van der Waals surface area (Å²) < 4.78 is 6.84. The predicted octanol–water partition coefficient (Wildman–Crippen LogP) is 2.37. The summed E-state index contributed by atoms with van der Waals surface area (Å²) in [4.78, 5) is 20.5. The number of rotatable bonds is 5. The molecule has 0 amide bonds. The molecule has 112 valence electrons. The first kappa shape index (κ1) is 14.1. The van der Waals surface area contributed by atoms with Crippen LogP contribution in [0.3, 0.4) is 0 Å². The van der Waals surface area contributed by atoms with Crippen molar-refractivity contribution in [3.63, 3.8) is 0 Å². The molecular weight excluding hydrogens is 280 g/mol. The molecule has 3 aromatic rings. The third-order valence-electron chi connectivity index (χ3n) is 3.14. The Morgan fingerprint density at radius 1 is 1.27 bits per heavy atom. The number of carbonyl (C=O) groups is 1. The van der Waals surface area contributed by atoms with Crippen molar-refractivity contribution in [2.24, 2.45) is 0 Å². The molecule has 3 heterocycles. The maximum Gasteiger partial charge on any atom is 0.325 e. The van der Waals surface area contributed by atoms with Crippen LogP contribution in [0.4, 0.5) is 5.82 Å². The van der Waals surface area contributed by atoms with Crippen LogP contribution in [-0.4, -0.2) is 33.5 Å². The number of anilines is 1. The molecule has 0 spiro atoms. The minimum absolute atomic E-state index is 0.0797. The number of hydrogen-bond donors (Lipinski definition) is 1. The summed E-state index contributed by atoms with van der Waals surface area (Å²) in [5.41, 5.74) is 2.24. The fourth-order valence-electron chi connectivity index (χ4n) is 2.21. The summed E-state index contributed by atoms with van der Waals surface area (Å²) >= 11 is 0. The molecule has 0 atom stereocenters. The quantitative estimate of drug-likeness (QED) is 0.732. The second-order valence-electron chi connectivity index (χ2n) is 4.61. The summed E-state index contributed by atoms with van der Waals surface area (Å²) in [6, 6.07) is 11.4. The SMILES string of the molecule is CCOC(=O)CNc1c(-c2ccccn2)nc2ccccn12. The number of carbonyl (C=O) groups excluding carboxylic acids is 1. The summed E-state index contributed by atoms with van der Waals surface area (Å²) in [6.07, 6.45) is 3.61. The van der Waals surface area contributed by atoms with Crippen molar-refractivity contribution in [3.05, 3.63) is 48.8 Å². The van der Waals surface area contributed by atoms with Crippen molar-refractivity contribution in [3.8, 4) is 11.4 Å². The number of pyridine rings is 2. The van der Waals surface area contributed by atoms with Crippen molar-refractivity contribution < 1.29 is 9.53 Å². The van der Waals surface area contributed by atoms with E-state index in [9.17, 15) is 4.79 Å². The molecule has 0 saturated carbocycles. The highest BCUT2D eigenvalue weighted by Gasteiger charge is 2.15. The number of fused-ring (bicyclic) bond motifs is 1. The maximum atomic E-state index is 11.6. The highest BCUT2D eigenvalue weighted by Crippen LogP contribution is 2.26. The molecule has 0 aliphatic carbocycles. The van der Waals surface area contributed by atoms with E-state index in [0.29, 0.717) is 12.3 Å². The van der Waals surface area contributed by atoms with E-state index in [1.807, 2.05) is 47.0 Å². The number of ether oxygens (including phenoxy) is 1. The molecule has 6 nitrogen and oxygen atoms in total. The van der Waals surface area contributed by atoms with Crippen LogP contribution in [-0.2, 0) is 9.53 Å². The minimum atomic E-state index is -0.305. The van der Waals surface area contributed by atoms with Crippen LogP contribution >= 0.6 is 0 Å². The highest BCUT2D eigenvalue weighted by atomic mass is 16.5. The van der Waals surface area contributed by atoms with E-state index in [1.54, 1.807) is 13.1 Å². The second-order valence-corrected chi connectivity index (χ2v) is 4.61. The molecule has 0 aliphatic heterocycles. The van der Waals surface area contributed by atoms with Gasteiger partial charge in [0.25, 0.3) is 0 Å². The van der Waals surface area contributed by atoms with Gasteiger partial charge in [-0.1, -0.05) is 12.1 Å². The van der Waals surface area contributed by atoms with Gasteiger partial charge in [-0.05, 0) is 31.2 Å². The van der Waals surface area contributed by atoms with Gasteiger partial charge in [0.15, 0.2) is 0 Å². The molecule has 3 aromatic heterocycles. The largest absolute Gasteiger partial charge is 0.465 e. The van der Waals surface area contributed by atoms with Gasteiger partial charge >= 0.3 is 5.97 Å². The Balaban J connectivity index is 2.00. The molecule has 0 fully saturated rings. The molecule has 0 radical (unpaired) electrons. The lowest BCUT2D eigenvalue weighted by Gasteiger charge is -2.08. The smallest absolute Gasteiger partial charge is 0.325 e. The first-order valence-electron chi connectivity index (χ1n) is 7.07. The molecule has 0 aliphatic rings. The van der Waals surface area contributed by atoms with Gasteiger partial charge in [0.1, 0.15) is 23.7 Å². The molecule has 22 heavy (non-hydrogen) atoms. The summed E-state index contributed by atoms with van der Waals surface area (Å²) in [5.74, 6) is 0.419. The zero-order valence-corrected chi connectivity index (χ0v) is 12.2. The number of nitrogens with one attached hydrogen (secondary N) is 1. The van der Waals surface area contributed by atoms with Gasteiger partial charge in [0.05, 0.1) is 12.3 Å². The minimum Gasteiger partial charge on any atom is -0.465 e. The van der Waals surface area contributed by atoms with Crippen LogP contribution in [0.2, 0.25) is 0 Å². The monoisotopic (exact) mass is 296 g/mol. The lowest BCUT2D eigenvalue weighted by molar-refractivity contribution is -0.140. The fourth-order valence-corrected chi connectivity index (χ4v) is 2.21. The first-order chi connectivity index (χ1) is 10.8. The van der Waals surface area contributed by atoms with Crippen molar-refractivity contribution in [2.45, 2.75) is 6.92 Å². The number of esters is 1. The topological polar surface area (TPSA) is 68.5 Å². The maximum absolute atomic E-state index is 11.6. The highest BCUT2D eigenvalue weighted by molar-refractivity contribution is 5.79. The molecule has 1 N–H and O–H groups in total. The van der Waals surface area contributed by atoms with Gasteiger partial charge in [0, 0.05) is 12.4 Å². The van der Waals surface area contributed by atoms with Gasteiger partial charge in [-0.2, -0.15) is 0 Å². The Labute approximate surface area is 127 Å². The van der Waals surface area contributed by atoms with Gasteiger partial charge in [-0.3, -0.25) is 14.2 Å². The van der Waals surface area contributed by atoms with E-state index in [4.69, 9.17) is 4.74 Å². The normalized spacial score (nSPS) is 10.6. The summed E-state index contributed by atoms with van der Waals surface area (Å²) in [5, 5.41) is 3.11. The van der Waals surface area contributed by atoms with Crippen molar-refractivity contribution in [2.75, 3.05) is 18.5 Å². The van der Waals surface area contributed by atoms with Crippen molar-refractivity contribution in [1.29, 1.82) is 0 Å². The summed E-state index contributed by atoms with van der Waals surface area (Å²) in [6.45, 7) is 2.22. The molecule has 0 aromatic carbocycles. The predicted molar refractivity (Wildman–Crippen MR) is 83.5 cm³/mol. The average molecular weight is 296 g/mol. The van der Waals surface area contributed by atoms with Crippen molar-refractivity contribution in [1.82, 2.24) is 14.4 Å². The van der Waals surface area contributed by atoms with E-state index in [2.05, 4.69) is 15.3 Å². The Bertz CT molecular complexity index is 783. The van der Waals surface area contributed by atoms with E-state index < -0.39 is 0 Å². The van der Waals surface area contributed by atoms with Crippen LogP contribution in [0.1, 0.15) is 6.92 Å². The van der Waals surface area contributed by atoms with Crippen LogP contribution in [0.5, 0.6) is 0 Å². The van der Waals surface area contributed by atoms with Crippen molar-refractivity contribution >= 4 is 17.4 Å². The zero-order chi connectivity index (χ0) is 15.4. The van der Waals surface area contributed by atoms with Crippen LogP contribution in [0.15, 0.2) is 48.8 Å². The Morgan fingerprint density at radius 3 is 2.91 bits per heavy atom. The molecule has 6 heteroatoms. The molecule has 0 saturated heterocycles. The van der Waals surface area contributed by atoms with Gasteiger partial charge < -0.3 is 10.1 Å². The summed E-state index contributed by atoms with van der Waals surface area (Å²) in [7, 11) is 0. The van der Waals surface area contributed by atoms with E-state index >= 15 is 0 Å². The third-order valence-corrected chi connectivity index (χ3v) is 3.14. The van der Waals surface area contributed by atoms with Gasteiger partial charge in [-0.25, -0.2) is 4.98 Å². The first-order valence-corrected chi connectivity index (χ1v) is 7.07. The molecular formula is C16H16N4O2. The second kappa shape index (κ2) is 6.26. The Hall–Kier alpha value is -2.89. The molecule has 3 rings (SSSR count). The van der Waals surface area contributed by atoms with E-state index in [1.165, 1.54) is 0 Å². The average Bonchev–Trinajstić information content (AvgIpc) is 2.93. The van der Waals surface area contributed by atoms with Gasteiger partial charge in [0.2, 0.25) is 0 Å². The third kappa shape index (κ3) is 2.76. The molecule has 0 bridgehead atoms.